The lowest BCUT2D eigenvalue weighted by Crippen LogP contribution is -2.07. The Morgan fingerprint density at radius 1 is 1.38 bits per heavy atom. The molecule has 0 amide bonds. The summed E-state index contributed by atoms with van der Waals surface area (Å²) in [5.74, 6) is 0. The first-order valence-corrected chi connectivity index (χ1v) is 7.88. The van der Waals surface area contributed by atoms with Gasteiger partial charge in [-0.25, -0.2) is 0 Å². The molecule has 2 aromatic rings. The molecule has 2 N–H and O–H groups in total. The third-order valence-electron chi connectivity index (χ3n) is 2.05. The second kappa shape index (κ2) is 5.22. The Morgan fingerprint density at radius 3 is 2.69 bits per heavy atom. The van der Waals surface area contributed by atoms with E-state index in [2.05, 4.69) is 42.1 Å². The van der Waals surface area contributed by atoms with Gasteiger partial charge in [0.25, 0.3) is 0 Å². The zero-order chi connectivity index (χ0) is 11.7. The van der Waals surface area contributed by atoms with Crippen LogP contribution in [0.15, 0.2) is 14.3 Å². The van der Waals surface area contributed by atoms with E-state index in [1.165, 1.54) is 0 Å². The molecule has 1 unspecified atom stereocenters. The van der Waals surface area contributed by atoms with Crippen molar-refractivity contribution in [3.8, 4) is 9.88 Å². The molecule has 0 spiro atoms. The molecule has 0 fully saturated rings. The van der Waals surface area contributed by atoms with E-state index in [-0.39, 0.29) is 6.04 Å². The molecule has 16 heavy (non-hydrogen) atoms. The summed E-state index contributed by atoms with van der Waals surface area (Å²) in [6.45, 7) is 2.05. The van der Waals surface area contributed by atoms with Crippen molar-refractivity contribution in [2.45, 2.75) is 19.4 Å². The maximum Gasteiger partial charge on any atom is 0.157 e. The zero-order valence-corrected chi connectivity index (χ0v) is 13.2. The highest BCUT2D eigenvalue weighted by Gasteiger charge is 2.14. The summed E-state index contributed by atoms with van der Waals surface area (Å²) in [6.07, 6.45) is 0.881. The molecule has 0 saturated carbocycles. The number of nitrogens with zero attached hydrogens (tertiary/aromatic N) is 2. The van der Waals surface area contributed by atoms with Crippen molar-refractivity contribution in [3.05, 3.63) is 19.3 Å². The zero-order valence-electron chi connectivity index (χ0n) is 8.41. The Labute approximate surface area is 118 Å². The molecule has 86 valence electrons. The summed E-state index contributed by atoms with van der Waals surface area (Å²) < 4.78 is 2.11. The van der Waals surface area contributed by atoms with E-state index < -0.39 is 0 Å². The van der Waals surface area contributed by atoms with Crippen LogP contribution in [0.1, 0.15) is 24.4 Å². The van der Waals surface area contributed by atoms with Crippen LogP contribution in [0.2, 0.25) is 0 Å². The molecule has 0 aliphatic carbocycles. The minimum absolute atomic E-state index is 0.00177. The number of aromatic nitrogens is 2. The highest BCUT2D eigenvalue weighted by Crippen LogP contribution is 2.39. The van der Waals surface area contributed by atoms with E-state index >= 15 is 0 Å². The number of hydrogen-bond acceptors (Lipinski definition) is 5. The molecule has 0 aromatic carbocycles. The summed E-state index contributed by atoms with van der Waals surface area (Å²) in [5.41, 5.74) is 5.91. The van der Waals surface area contributed by atoms with Gasteiger partial charge >= 0.3 is 0 Å². The first-order chi connectivity index (χ1) is 7.61. The lowest BCUT2D eigenvalue weighted by molar-refractivity contribution is 0.683. The average molecular weight is 383 g/mol. The number of hydrogen-bond donors (Lipinski definition) is 1. The van der Waals surface area contributed by atoms with Crippen LogP contribution in [0.5, 0.6) is 0 Å². The Morgan fingerprint density at radius 2 is 2.12 bits per heavy atom. The fourth-order valence-electron chi connectivity index (χ4n) is 1.11. The van der Waals surface area contributed by atoms with Gasteiger partial charge in [0.15, 0.2) is 5.01 Å². The van der Waals surface area contributed by atoms with Crippen molar-refractivity contribution in [2.75, 3.05) is 0 Å². The smallest absolute Gasteiger partial charge is 0.157 e. The van der Waals surface area contributed by atoms with Crippen molar-refractivity contribution in [1.82, 2.24) is 10.2 Å². The van der Waals surface area contributed by atoms with Gasteiger partial charge < -0.3 is 5.73 Å². The minimum atomic E-state index is -0.00177. The molecule has 0 saturated heterocycles. The van der Waals surface area contributed by atoms with Gasteiger partial charge in [0, 0.05) is 4.47 Å². The molecule has 1 atom stereocenters. The summed E-state index contributed by atoms with van der Waals surface area (Å²) in [5, 5.41) is 10.1. The minimum Gasteiger partial charge on any atom is -0.322 e. The van der Waals surface area contributed by atoms with Gasteiger partial charge in [-0.3, -0.25) is 0 Å². The van der Waals surface area contributed by atoms with Gasteiger partial charge in [-0.05, 0) is 44.3 Å². The molecular formula is C9H9Br2N3S2. The third-order valence-corrected chi connectivity index (χ3v) is 6.53. The second-order valence-electron chi connectivity index (χ2n) is 3.19. The summed E-state index contributed by atoms with van der Waals surface area (Å²) >= 11 is 10.1. The number of thiophene rings is 1. The van der Waals surface area contributed by atoms with Gasteiger partial charge in [-0.2, -0.15) is 0 Å². The van der Waals surface area contributed by atoms with Gasteiger partial charge in [0.2, 0.25) is 0 Å². The second-order valence-corrected chi connectivity index (χ2v) is 7.43. The molecule has 2 rings (SSSR count). The number of rotatable bonds is 3. The Bertz CT molecular complexity index is 475. The van der Waals surface area contributed by atoms with Crippen LogP contribution in [0.25, 0.3) is 9.88 Å². The van der Waals surface area contributed by atoms with Gasteiger partial charge in [-0.1, -0.05) is 18.3 Å². The van der Waals surface area contributed by atoms with E-state index in [4.69, 9.17) is 5.73 Å². The summed E-state index contributed by atoms with van der Waals surface area (Å²) in [7, 11) is 0. The van der Waals surface area contributed by atoms with Crippen LogP contribution in [0.4, 0.5) is 0 Å². The Hall–Kier alpha value is 0.180. The SMILES string of the molecule is CCC(N)c1nnc(-c2cc(Br)c(Br)s2)s1. The molecule has 2 heterocycles. The fourth-order valence-corrected chi connectivity index (χ4v) is 4.11. The van der Waals surface area contributed by atoms with Crippen molar-refractivity contribution in [2.24, 2.45) is 5.73 Å². The van der Waals surface area contributed by atoms with E-state index in [1.54, 1.807) is 22.7 Å². The van der Waals surface area contributed by atoms with E-state index in [0.717, 1.165) is 29.6 Å². The Kier molecular flexibility index (Phi) is 4.12. The third kappa shape index (κ3) is 2.53. The van der Waals surface area contributed by atoms with Crippen LogP contribution < -0.4 is 5.73 Å². The van der Waals surface area contributed by atoms with Crippen LogP contribution in [-0.2, 0) is 0 Å². The number of nitrogens with two attached hydrogens (primary N) is 1. The normalized spacial score (nSPS) is 13.0. The van der Waals surface area contributed by atoms with Gasteiger partial charge in [-0.15, -0.1) is 21.5 Å². The molecular weight excluding hydrogens is 374 g/mol. The lowest BCUT2D eigenvalue weighted by atomic mass is 10.3. The highest BCUT2D eigenvalue weighted by molar-refractivity contribution is 9.13. The van der Waals surface area contributed by atoms with Crippen molar-refractivity contribution in [3.63, 3.8) is 0 Å². The molecule has 7 heteroatoms. The molecule has 2 aromatic heterocycles. The first kappa shape index (κ1) is 12.6. The van der Waals surface area contributed by atoms with Gasteiger partial charge in [0.1, 0.15) is 5.01 Å². The molecule has 0 aliphatic heterocycles. The maximum atomic E-state index is 5.91. The van der Waals surface area contributed by atoms with Crippen LogP contribution in [0, 0.1) is 0 Å². The molecule has 3 nitrogen and oxygen atoms in total. The summed E-state index contributed by atoms with van der Waals surface area (Å²) in [6, 6.07) is 2.04. The van der Waals surface area contributed by atoms with Crippen molar-refractivity contribution in [1.29, 1.82) is 0 Å². The average Bonchev–Trinajstić information content (AvgIpc) is 2.86. The highest BCUT2D eigenvalue weighted by atomic mass is 79.9. The quantitative estimate of drug-likeness (QED) is 0.865. The maximum absolute atomic E-state index is 5.91. The monoisotopic (exact) mass is 381 g/mol. The predicted molar refractivity (Wildman–Crippen MR) is 75.8 cm³/mol. The topological polar surface area (TPSA) is 51.8 Å². The standard InChI is InChI=1S/C9H9Br2N3S2/c1-2-5(12)8-13-14-9(16-8)6-3-4(10)7(11)15-6/h3,5H,2,12H2,1H3. The van der Waals surface area contributed by atoms with Crippen molar-refractivity contribution >= 4 is 54.5 Å². The van der Waals surface area contributed by atoms with E-state index in [0.29, 0.717) is 0 Å². The lowest BCUT2D eigenvalue weighted by Gasteiger charge is -2.00. The van der Waals surface area contributed by atoms with Crippen LogP contribution in [-0.4, -0.2) is 10.2 Å². The van der Waals surface area contributed by atoms with Crippen LogP contribution in [0.3, 0.4) is 0 Å². The van der Waals surface area contributed by atoms with Gasteiger partial charge in [0.05, 0.1) is 14.7 Å². The van der Waals surface area contributed by atoms with E-state index in [1.807, 2.05) is 13.0 Å². The fraction of sp³-hybridized carbons (Fsp3) is 0.333. The predicted octanol–water partition coefficient (Wildman–Crippen LogP) is 4.20. The molecule has 0 aliphatic rings. The molecule has 0 radical (unpaired) electrons. The Balaban J connectivity index is 2.31. The van der Waals surface area contributed by atoms with E-state index in [9.17, 15) is 0 Å². The molecule has 0 bridgehead atoms. The van der Waals surface area contributed by atoms with Crippen LogP contribution >= 0.6 is 54.5 Å². The summed E-state index contributed by atoms with van der Waals surface area (Å²) in [4.78, 5) is 1.10. The number of halogens is 2. The van der Waals surface area contributed by atoms with Crippen molar-refractivity contribution < 1.29 is 0 Å². The first-order valence-electron chi connectivity index (χ1n) is 4.66. The largest absolute Gasteiger partial charge is 0.322 e.